The molecule has 1 aliphatic rings. The molecule has 36 heavy (non-hydrogen) atoms. The van der Waals surface area contributed by atoms with Gasteiger partial charge in [-0.1, -0.05) is 66.7 Å². The van der Waals surface area contributed by atoms with E-state index in [9.17, 15) is 22.8 Å². The lowest BCUT2D eigenvalue weighted by molar-refractivity contribution is -0.144. The number of hydrogen-bond donors (Lipinski definition) is 2. The number of hydrogen-bond acceptors (Lipinski definition) is 7. The summed E-state index contributed by atoms with van der Waals surface area (Å²) in [4.78, 5) is 37.3. The minimum absolute atomic E-state index is 0.0657. The molecule has 0 aliphatic carbocycles. The molecular weight excluding hydrogens is 484 g/mol. The van der Waals surface area contributed by atoms with Gasteiger partial charge in [-0.15, -0.1) is 0 Å². The van der Waals surface area contributed by atoms with E-state index in [-0.39, 0.29) is 9.80 Å². The quantitative estimate of drug-likeness (QED) is 0.469. The zero-order chi connectivity index (χ0) is 25.9. The van der Waals surface area contributed by atoms with Crippen LogP contribution in [0.1, 0.15) is 24.1 Å². The van der Waals surface area contributed by atoms with E-state index >= 15 is 0 Å². The van der Waals surface area contributed by atoms with E-state index in [2.05, 4.69) is 15.4 Å². The van der Waals surface area contributed by atoms with Crippen LogP contribution >= 0.6 is 0 Å². The highest BCUT2D eigenvalue weighted by atomic mass is 32.2. The zero-order valence-electron chi connectivity index (χ0n) is 19.6. The topological polar surface area (TPSA) is 128 Å². The number of alkyl carbamates (subject to hydrolysis) is 1. The van der Waals surface area contributed by atoms with Gasteiger partial charge in [0.15, 0.2) is 0 Å². The summed E-state index contributed by atoms with van der Waals surface area (Å²) in [6, 6.07) is 16.9. The van der Waals surface area contributed by atoms with Crippen molar-refractivity contribution in [3.63, 3.8) is 0 Å². The Balaban J connectivity index is 1.48. The molecule has 0 aromatic heterocycles. The maximum absolute atomic E-state index is 13.2. The van der Waals surface area contributed by atoms with Crippen LogP contribution in [0.2, 0.25) is 0 Å². The highest BCUT2D eigenvalue weighted by molar-refractivity contribution is 7.96. The van der Waals surface area contributed by atoms with Crippen molar-refractivity contribution in [2.75, 3.05) is 13.7 Å². The van der Waals surface area contributed by atoms with Crippen molar-refractivity contribution in [1.82, 2.24) is 10.6 Å². The third-order valence-corrected chi connectivity index (χ3v) is 7.68. The Bertz CT molecular complexity index is 1470. The summed E-state index contributed by atoms with van der Waals surface area (Å²) >= 11 is 0. The van der Waals surface area contributed by atoms with Gasteiger partial charge < -0.3 is 20.1 Å². The van der Waals surface area contributed by atoms with E-state index in [0.29, 0.717) is 16.5 Å². The molecule has 0 saturated carbocycles. The first kappa shape index (κ1) is 24.9. The minimum Gasteiger partial charge on any atom is -0.467 e. The van der Waals surface area contributed by atoms with Gasteiger partial charge in [0.1, 0.15) is 18.7 Å². The van der Waals surface area contributed by atoms with Crippen LogP contribution in [0.25, 0.3) is 16.8 Å². The van der Waals surface area contributed by atoms with Crippen LogP contribution in [0.5, 0.6) is 0 Å². The Morgan fingerprint density at radius 3 is 2.33 bits per heavy atom. The molecular formula is C26H24N2O7S. The van der Waals surface area contributed by atoms with Crippen molar-refractivity contribution in [2.45, 2.75) is 23.9 Å². The Hall–Kier alpha value is -4.18. The molecule has 3 aromatic rings. The summed E-state index contributed by atoms with van der Waals surface area (Å²) in [5.41, 5.74) is 0.960. The maximum atomic E-state index is 13.2. The largest absolute Gasteiger partial charge is 0.467 e. The Morgan fingerprint density at radius 1 is 0.917 bits per heavy atom. The number of rotatable bonds is 7. The molecule has 0 spiro atoms. The van der Waals surface area contributed by atoms with Gasteiger partial charge in [0, 0.05) is 5.39 Å². The van der Waals surface area contributed by atoms with E-state index in [1.165, 1.54) is 20.1 Å². The Morgan fingerprint density at radius 2 is 1.61 bits per heavy atom. The zero-order valence-corrected chi connectivity index (χ0v) is 20.4. The third kappa shape index (κ3) is 4.94. The fraction of sp³-hybridized carbons (Fsp3) is 0.192. The van der Waals surface area contributed by atoms with Crippen LogP contribution in [0.4, 0.5) is 4.79 Å². The molecule has 2 atom stereocenters. The third-order valence-electron chi connectivity index (χ3n) is 5.76. The number of amides is 2. The standard InChI is InChI=1S/C26H24N2O7S/c1-16(25(30)34-2)27-24(29)22(18-9-4-3-5-10-18)28-26(31)35-15-20-14-19-13-12-17-8-6-7-11-21(17)23(19)36(20,32)33/h3-14,16,22H,15H2,1-2H3,(H,27,29)(H,28,31)/t16-,22?/m0/s1. The number of carbonyl (C=O) groups excluding carboxylic acids is 3. The molecule has 9 nitrogen and oxygen atoms in total. The molecule has 0 fully saturated rings. The summed E-state index contributed by atoms with van der Waals surface area (Å²) in [6.45, 7) is 0.932. The number of benzene rings is 3. The van der Waals surface area contributed by atoms with E-state index in [0.717, 1.165) is 5.39 Å². The molecule has 3 aromatic carbocycles. The van der Waals surface area contributed by atoms with Crippen molar-refractivity contribution >= 4 is 44.7 Å². The van der Waals surface area contributed by atoms with Crippen molar-refractivity contribution in [3.8, 4) is 0 Å². The molecule has 2 amide bonds. The number of nitrogens with one attached hydrogen (secondary N) is 2. The molecule has 0 bridgehead atoms. The van der Waals surface area contributed by atoms with Crippen LogP contribution in [0, 0.1) is 0 Å². The molecule has 10 heteroatoms. The van der Waals surface area contributed by atoms with Crippen molar-refractivity contribution < 1.29 is 32.3 Å². The second kappa shape index (κ2) is 10.2. The lowest BCUT2D eigenvalue weighted by Crippen LogP contribution is -2.46. The molecule has 0 radical (unpaired) electrons. The lowest BCUT2D eigenvalue weighted by Gasteiger charge is -2.20. The van der Waals surface area contributed by atoms with Crippen LogP contribution in [-0.4, -0.2) is 46.1 Å². The van der Waals surface area contributed by atoms with Crippen LogP contribution in [0.15, 0.2) is 76.5 Å². The maximum Gasteiger partial charge on any atom is 0.408 e. The Labute approximate surface area is 208 Å². The van der Waals surface area contributed by atoms with E-state index in [1.807, 2.05) is 18.2 Å². The summed E-state index contributed by atoms with van der Waals surface area (Å²) in [7, 11) is -2.67. The normalized spacial score (nSPS) is 15.2. The van der Waals surface area contributed by atoms with Gasteiger partial charge in [0.25, 0.3) is 0 Å². The highest BCUT2D eigenvalue weighted by Crippen LogP contribution is 2.38. The Kier molecular flexibility index (Phi) is 7.07. The van der Waals surface area contributed by atoms with Gasteiger partial charge in [0.2, 0.25) is 15.7 Å². The molecule has 1 heterocycles. The second-order valence-electron chi connectivity index (χ2n) is 8.14. The van der Waals surface area contributed by atoms with Gasteiger partial charge in [-0.05, 0) is 29.5 Å². The fourth-order valence-electron chi connectivity index (χ4n) is 3.95. The number of ether oxygens (including phenoxy) is 2. The molecule has 1 aliphatic heterocycles. The van der Waals surface area contributed by atoms with Crippen LogP contribution < -0.4 is 10.6 Å². The molecule has 2 N–H and O–H groups in total. The van der Waals surface area contributed by atoms with Crippen molar-refractivity contribution in [2.24, 2.45) is 0 Å². The molecule has 0 saturated heterocycles. The average molecular weight is 509 g/mol. The van der Waals surface area contributed by atoms with Crippen LogP contribution in [0.3, 0.4) is 0 Å². The minimum atomic E-state index is -3.87. The lowest BCUT2D eigenvalue weighted by atomic mass is 10.1. The smallest absolute Gasteiger partial charge is 0.408 e. The first-order valence-electron chi connectivity index (χ1n) is 11.1. The van der Waals surface area contributed by atoms with Gasteiger partial charge in [-0.3, -0.25) is 4.79 Å². The number of methoxy groups -OCH3 is 1. The van der Waals surface area contributed by atoms with E-state index in [4.69, 9.17) is 4.74 Å². The summed E-state index contributed by atoms with van der Waals surface area (Å²) in [6.07, 6.45) is 0.478. The van der Waals surface area contributed by atoms with Crippen molar-refractivity contribution in [1.29, 1.82) is 0 Å². The average Bonchev–Trinajstić information content (AvgIpc) is 3.15. The fourth-order valence-corrected chi connectivity index (χ4v) is 5.62. The number of esters is 1. The number of carbonyl (C=O) groups is 3. The van der Waals surface area contributed by atoms with Crippen LogP contribution in [-0.2, 0) is 28.9 Å². The molecule has 186 valence electrons. The first-order chi connectivity index (χ1) is 17.2. The van der Waals surface area contributed by atoms with Gasteiger partial charge in [0.05, 0.1) is 16.9 Å². The predicted molar refractivity (Wildman–Crippen MR) is 132 cm³/mol. The second-order valence-corrected chi connectivity index (χ2v) is 10.1. The molecule has 4 rings (SSSR count). The van der Waals surface area contributed by atoms with Gasteiger partial charge >= 0.3 is 12.1 Å². The predicted octanol–water partition coefficient (Wildman–Crippen LogP) is 3.11. The van der Waals surface area contributed by atoms with E-state index in [1.54, 1.807) is 48.5 Å². The first-order valence-corrected chi connectivity index (χ1v) is 12.5. The van der Waals surface area contributed by atoms with E-state index < -0.39 is 46.5 Å². The molecule has 1 unspecified atom stereocenters. The van der Waals surface area contributed by atoms with Gasteiger partial charge in [-0.25, -0.2) is 18.0 Å². The van der Waals surface area contributed by atoms with Crippen molar-refractivity contribution in [3.05, 3.63) is 82.8 Å². The summed E-state index contributed by atoms with van der Waals surface area (Å²) in [5.74, 6) is -1.31. The monoisotopic (exact) mass is 508 g/mol. The van der Waals surface area contributed by atoms with Gasteiger partial charge in [-0.2, -0.15) is 0 Å². The summed E-state index contributed by atoms with van der Waals surface area (Å²) in [5, 5.41) is 6.31. The number of fused-ring (bicyclic) bond motifs is 3. The SMILES string of the molecule is COC(=O)[C@H](C)NC(=O)C(NC(=O)OCC1=Cc2ccc3ccccc3c2S1(=O)=O)c1ccccc1. The highest BCUT2D eigenvalue weighted by Gasteiger charge is 2.33. The number of sulfone groups is 1. The summed E-state index contributed by atoms with van der Waals surface area (Å²) < 4.78 is 36.2.